The van der Waals surface area contributed by atoms with E-state index in [0.29, 0.717) is 11.5 Å². The van der Waals surface area contributed by atoms with E-state index < -0.39 is 18.0 Å². The number of esters is 1. The second-order valence-electron chi connectivity index (χ2n) is 5.13. The molecule has 23 heavy (non-hydrogen) atoms. The number of H-pyrrole nitrogens is 1. The van der Waals surface area contributed by atoms with Gasteiger partial charge in [0.1, 0.15) is 11.5 Å². The molecule has 0 aliphatic carbocycles. The Morgan fingerprint density at radius 1 is 1.30 bits per heavy atom. The minimum absolute atomic E-state index is 0.279. The Bertz CT molecular complexity index is 832. The van der Waals surface area contributed by atoms with Gasteiger partial charge in [0, 0.05) is 17.0 Å². The number of nitrogens with zero attached hydrogens (tertiary/aromatic N) is 1. The fraction of sp³-hybridized carbons (Fsp3) is 0.188. The summed E-state index contributed by atoms with van der Waals surface area (Å²) in [5.74, 6) is -0.230. The van der Waals surface area contributed by atoms with E-state index in [1.807, 2.05) is 24.3 Å². The van der Waals surface area contributed by atoms with Crippen molar-refractivity contribution in [1.82, 2.24) is 10.1 Å². The van der Waals surface area contributed by atoms with Crippen molar-refractivity contribution >= 4 is 28.6 Å². The molecule has 0 unspecified atom stereocenters. The normalized spacial score (nSPS) is 12.1. The number of ether oxygens (including phenoxy) is 1. The molecular weight excluding hydrogens is 298 g/mol. The van der Waals surface area contributed by atoms with Crippen LogP contribution in [0.2, 0.25) is 0 Å². The van der Waals surface area contributed by atoms with Gasteiger partial charge in [-0.2, -0.15) is 0 Å². The number of carbonyl (C=O) groups is 2. The number of aryl methyl sites for hydroxylation is 1. The van der Waals surface area contributed by atoms with Gasteiger partial charge in [0.25, 0.3) is 5.91 Å². The number of rotatable bonds is 4. The van der Waals surface area contributed by atoms with E-state index >= 15 is 0 Å². The van der Waals surface area contributed by atoms with Crippen molar-refractivity contribution in [3.8, 4) is 0 Å². The topological polar surface area (TPSA) is 97.2 Å². The van der Waals surface area contributed by atoms with Crippen LogP contribution in [0.3, 0.4) is 0 Å². The Labute approximate surface area is 131 Å². The first-order valence-corrected chi connectivity index (χ1v) is 7.06. The van der Waals surface area contributed by atoms with Crippen LogP contribution in [-0.2, 0) is 9.53 Å². The number of anilines is 1. The molecule has 0 saturated carbocycles. The molecule has 0 spiro atoms. The van der Waals surface area contributed by atoms with Crippen LogP contribution >= 0.6 is 0 Å². The molecule has 2 aromatic heterocycles. The quantitative estimate of drug-likeness (QED) is 0.722. The summed E-state index contributed by atoms with van der Waals surface area (Å²) in [7, 11) is 0. The molecule has 1 atom stereocenters. The van der Waals surface area contributed by atoms with Crippen molar-refractivity contribution in [2.24, 2.45) is 0 Å². The van der Waals surface area contributed by atoms with Crippen LogP contribution in [0, 0.1) is 6.92 Å². The van der Waals surface area contributed by atoms with Crippen molar-refractivity contribution in [2.75, 3.05) is 5.32 Å². The van der Waals surface area contributed by atoms with E-state index in [-0.39, 0.29) is 5.82 Å². The summed E-state index contributed by atoms with van der Waals surface area (Å²) in [4.78, 5) is 27.1. The van der Waals surface area contributed by atoms with E-state index in [1.165, 1.54) is 6.92 Å². The fourth-order valence-corrected chi connectivity index (χ4v) is 2.11. The number of nitrogens with one attached hydrogen (secondary N) is 2. The number of para-hydroxylation sites is 1. The second-order valence-corrected chi connectivity index (χ2v) is 5.13. The number of benzene rings is 1. The van der Waals surface area contributed by atoms with Crippen LogP contribution in [0.1, 0.15) is 23.2 Å². The monoisotopic (exact) mass is 313 g/mol. The highest BCUT2D eigenvalue weighted by Gasteiger charge is 2.21. The maximum atomic E-state index is 12.1. The molecular formula is C16H15N3O4. The lowest BCUT2D eigenvalue weighted by atomic mass is 10.2. The third-order valence-electron chi connectivity index (χ3n) is 3.28. The molecule has 2 N–H and O–H groups in total. The summed E-state index contributed by atoms with van der Waals surface area (Å²) in [6, 6.07) is 10.7. The molecule has 3 rings (SSSR count). The fourth-order valence-electron chi connectivity index (χ4n) is 2.11. The van der Waals surface area contributed by atoms with E-state index in [1.54, 1.807) is 19.1 Å². The van der Waals surface area contributed by atoms with Crippen LogP contribution in [0.15, 0.2) is 40.9 Å². The standard InChI is InChI=1S/C16H15N3O4/c1-9-7-14(19-23-9)18-15(20)10(2)22-16(21)13-8-11-5-3-4-6-12(11)17-13/h3-8,10,17H,1-2H3,(H,18,19,20)/t10-/m0/s1. The molecule has 2 heterocycles. The number of amides is 1. The summed E-state index contributed by atoms with van der Waals surface area (Å²) in [5.41, 5.74) is 1.12. The van der Waals surface area contributed by atoms with Crippen LogP contribution in [0.25, 0.3) is 10.9 Å². The van der Waals surface area contributed by atoms with Crippen LogP contribution in [0.4, 0.5) is 5.82 Å². The van der Waals surface area contributed by atoms with Gasteiger partial charge < -0.3 is 19.6 Å². The molecule has 7 heteroatoms. The summed E-state index contributed by atoms with van der Waals surface area (Å²) in [6.07, 6.45) is -0.967. The molecule has 0 aliphatic heterocycles. The molecule has 0 bridgehead atoms. The summed E-state index contributed by atoms with van der Waals surface area (Å²) in [5, 5.41) is 7.06. The van der Waals surface area contributed by atoms with Crippen LogP contribution < -0.4 is 5.32 Å². The zero-order valence-corrected chi connectivity index (χ0v) is 12.6. The minimum Gasteiger partial charge on any atom is -0.448 e. The zero-order chi connectivity index (χ0) is 16.4. The third-order valence-corrected chi connectivity index (χ3v) is 3.28. The molecule has 1 amide bonds. The number of fused-ring (bicyclic) bond motifs is 1. The number of aromatic nitrogens is 2. The predicted octanol–water partition coefficient (Wildman–Crippen LogP) is 2.65. The van der Waals surface area contributed by atoms with Gasteiger partial charge in [0.2, 0.25) is 0 Å². The number of hydrogen-bond donors (Lipinski definition) is 2. The Morgan fingerprint density at radius 3 is 2.78 bits per heavy atom. The molecule has 0 fully saturated rings. The smallest absolute Gasteiger partial charge is 0.355 e. The van der Waals surface area contributed by atoms with Gasteiger partial charge in [0.15, 0.2) is 11.9 Å². The Kier molecular flexibility index (Phi) is 3.84. The van der Waals surface area contributed by atoms with Crippen molar-refractivity contribution in [3.63, 3.8) is 0 Å². The van der Waals surface area contributed by atoms with Crippen molar-refractivity contribution in [3.05, 3.63) is 47.9 Å². The molecule has 1 aromatic carbocycles. The first kappa shape index (κ1) is 14.8. The van der Waals surface area contributed by atoms with Crippen molar-refractivity contribution < 1.29 is 18.8 Å². The third kappa shape index (κ3) is 3.23. The van der Waals surface area contributed by atoms with E-state index in [4.69, 9.17) is 9.26 Å². The van der Waals surface area contributed by atoms with Crippen LogP contribution in [-0.4, -0.2) is 28.1 Å². The second kappa shape index (κ2) is 5.96. The highest BCUT2D eigenvalue weighted by Crippen LogP contribution is 2.16. The van der Waals surface area contributed by atoms with E-state index in [9.17, 15) is 9.59 Å². The lowest BCUT2D eigenvalue weighted by Gasteiger charge is -2.11. The maximum Gasteiger partial charge on any atom is 0.355 e. The largest absolute Gasteiger partial charge is 0.448 e. The van der Waals surface area contributed by atoms with Gasteiger partial charge in [-0.05, 0) is 26.0 Å². The summed E-state index contributed by atoms with van der Waals surface area (Å²) >= 11 is 0. The van der Waals surface area contributed by atoms with Gasteiger partial charge in [-0.3, -0.25) is 4.79 Å². The number of aromatic amines is 1. The highest BCUT2D eigenvalue weighted by molar-refractivity contribution is 5.98. The van der Waals surface area contributed by atoms with Crippen molar-refractivity contribution in [2.45, 2.75) is 20.0 Å². The SMILES string of the molecule is Cc1cc(NC(=O)[C@H](C)OC(=O)c2cc3ccccc3[nH]2)no1. The molecule has 0 aliphatic rings. The van der Waals surface area contributed by atoms with Gasteiger partial charge >= 0.3 is 5.97 Å². The average molecular weight is 313 g/mol. The Hall–Kier alpha value is -3.09. The number of carbonyl (C=O) groups excluding carboxylic acids is 2. The van der Waals surface area contributed by atoms with Crippen molar-refractivity contribution in [1.29, 1.82) is 0 Å². The highest BCUT2D eigenvalue weighted by atomic mass is 16.5. The van der Waals surface area contributed by atoms with Crippen LogP contribution in [0.5, 0.6) is 0 Å². The molecule has 0 saturated heterocycles. The van der Waals surface area contributed by atoms with E-state index in [2.05, 4.69) is 15.5 Å². The molecule has 7 nitrogen and oxygen atoms in total. The number of hydrogen-bond acceptors (Lipinski definition) is 5. The maximum absolute atomic E-state index is 12.1. The predicted molar refractivity (Wildman–Crippen MR) is 83.0 cm³/mol. The lowest BCUT2D eigenvalue weighted by Crippen LogP contribution is -2.30. The lowest BCUT2D eigenvalue weighted by molar-refractivity contribution is -0.123. The first-order valence-electron chi connectivity index (χ1n) is 7.06. The minimum atomic E-state index is -0.967. The summed E-state index contributed by atoms with van der Waals surface area (Å²) in [6.45, 7) is 3.20. The molecule has 3 aromatic rings. The summed E-state index contributed by atoms with van der Waals surface area (Å²) < 4.78 is 10.0. The Morgan fingerprint density at radius 2 is 2.09 bits per heavy atom. The first-order chi connectivity index (χ1) is 11.0. The van der Waals surface area contributed by atoms with Gasteiger partial charge in [0.05, 0.1) is 0 Å². The van der Waals surface area contributed by atoms with E-state index in [0.717, 1.165) is 10.9 Å². The molecule has 0 radical (unpaired) electrons. The van der Waals surface area contributed by atoms with Gasteiger partial charge in [-0.1, -0.05) is 23.4 Å². The van der Waals surface area contributed by atoms with Gasteiger partial charge in [-0.15, -0.1) is 0 Å². The average Bonchev–Trinajstić information content (AvgIpc) is 3.13. The van der Waals surface area contributed by atoms with Gasteiger partial charge in [-0.25, -0.2) is 4.79 Å². The molecule has 118 valence electrons. The zero-order valence-electron chi connectivity index (χ0n) is 12.6. The Balaban J connectivity index is 1.65.